The largest absolute Gasteiger partial charge is 0.341 e. The van der Waals surface area contributed by atoms with Gasteiger partial charge in [-0.15, -0.1) is 0 Å². The predicted octanol–water partition coefficient (Wildman–Crippen LogP) is 0.293. The molecule has 0 spiro atoms. The molecule has 1 unspecified atom stereocenters. The van der Waals surface area contributed by atoms with Gasteiger partial charge in [-0.3, -0.25) is 9.69 Å². The molecule has 16 heavy (non-hydrogen) atoms. The number of nitrogens with one attached hydrogen (secondary N) is 1. The second-order valence-electron chi connectivity index (χ2n) is 4.82. The summed E-state index contributed by atoms with van der Waals surface area (Å²) >= 11 is 0. The molecule has 2 fully saturated rings. The lowest BCUT2D eigenvalue weighted by molar-refractivity contribution is -0.130. The van der Waals surface area contributed by atoms with Crippen molar-refractivity contribution in [1.82, 2.24) is 15.1 Å². The zero-order valence-corrected chi connectivity index (χ0v) is 10.2. The van der Waals surface area contributed by atoms with Crippen LogP contribution in [0.5, 0.6) is 0 Å². The Morgan fingerprint density at radius 2 is 2.06 bits per heavy atom. The van der Waals surface area contributed by atoms with Crippen molar-refractivity contribution in [1.29, 1.82) is 0 Å². The molecule has 0 aromatic rings. The molecule has 0 radical (unpaired) electrons. The molecule has 4 nitrogen and oxygen atoms in total. The van der Waals surface area contributed by atoms with Gasteiger partial charge in [0.1, 0.15) is 0 Å². The van der Waals surface area contributed by atoms with Crippen molar-refractivity contribution in [3.63, 3.8) is 0 Å². The average molecular weight is 225 g/mol. The van der Waals surface area contributed by atoms with Crippen LogP contribution in [0.15, 0.2) is 0 Å². The highest BCUT2D eigenvalue weighted by Crippen LogP contribution is 2.17. The second kappa shape index (κ2) is 5.64. The zero-order valence-electron chi connectivity index (χ0n) is 10.2. The van der Waals surface area contributed by atoms with Gasteiger partial charge in [-0.1, -0.05) is 6.92 Å². The van der Waals surface area contributed by atoms with Crippen molar-refractivity contribution in [3.8, 4) is 0 Å². The lowest BCUT2D eigenvalue weighted by Crippen LogP contribution is -2.49. The quantitative estimate of drug-likeness (QED) is 0.750. The summed E-state index contributed by atoms with van der Waals surface area (Å²) in [7, 11) is 0. The number of hydrogen-bond acceptors (Lipinski definition) is 3. The minimum atomic E-state index is 0.347. The number of carbonyl (C=O) groups is 1. The normalized spacial score (nSPS) is 27.3. The number of nitrogens with zero attached hydrogens (tertiary/aromatic N) is 2. The lowest BCUT2D eigenvalue weighted by Gasteiger charge is -2.32. The Morgan fingerprint density at radius 1 is 1.31 bits per heavy atom. The van der Waals surface area contributed by atoms with Crippen LogP contribution in [0.2, 0.25) is 0 Å². The Morgan fingerprint density at radius 3 is 2.75 bits per heavy atom. The predicted molar refractivity (Wildman–Crippen MR) is 64.3 cm³/mol. The summed E-state index contributed by atoms with van der Waals surface area (Å²) < 4.78 is 0. The van der Waals surface area contributed by atoms with Crippen LogP contribution in [0.1, 0.15) is 26.2 Å². The Labute approximate surface area is 98.0 Å². The summed E-state index contributed by atoms with van der Waals surface area (Å²) in [6.45, 7) is 8.47. The van der Waals surface area contributed by atoms with E-state index in [1.807, 2.05) is 0 Å². The number of amides is 1. The molecule has 0 aromatic carbocycles. The first kappa shape index (κ1) is 11.9. The fraction of sp³-hybridized carbons (Fsp3) is 0.917. The van der Waals surface area contributed by atoms with Crippen LogP contribution in [0.4, 0.5) is 0 Å². The van der Waals surface area contributed by atoms with E-state index in [9.17, 15) is 4.79 Å². The summed E-state index contributed by atoms with van der Waals surface area (Å²) in [6.07, 6.45) is 2.84. The smallest absolute Gasteiger partial charge is 0.222 e. The maximum atomic E-state index is 11.8. The highest BCUT2D eigenvalue weighted by atomic mass is 16.2. The van der Waals surface area contributed by atoms with Gasteiger partial charge in [0.15, 0.2) is 0 Å². The Kier molecular flexibility index (Phi) is 4.18. The van der Waals surface area contributed by atoms with E-state index in [1.165, 1.54) is 0 Å². The number of rotatable bonds is 3. The molecule has 2 aliphatic rings. The van der Waals surface area contributed by atoms with Crippen molar-refractivity contribution < 1.29 is 4.79 Å². The van der Waals surface area contributed by atoms with E-state index >= 15 is 0 Å². The molecule has 0 bridgehead atoms. The van der Waals surface area contributed by atoms with Gasteiger partial charge in [0.05, 0.1) is 0 Å². The standard InChI is InChI=1S/C12H23N3O/c1-2-3-12(16)15-7-4-11(10-15)14-8-5-13-6-9-14/h11,13H,2-10H2,1H3. The van der Waals surface area contributed by atoms with Crippen LogP contribution < -0.4 is 5.32 Å². The van der Waals surface area contributed by atoms with Crippen LogP contribution in [-0.4, -0.2) is 61.0 Å². The SMILES string of the molecule is CCCC(=O)N1CCC(N2CCNCC2)C1. The first-order valence-electron chi connectivity index (χ1n) is 6.54. The highest BCUT2D eigenvalue weighted by Gasteiger charge is 2.30. The van der Waals surface area contributed by atoms with E-state index in [0.717, 1.165) is 52.1 Å². The average Bonchev–Trinajstić information content (AvgIpc) is 2.80. The van der Waals surface area contributed by atoms with Gasteiger partial charge in [-0.05, 0) is 12.8 Å². The first-order valence-corrected chi connectivity index (χ1v) is 6.54. The molecule has 0 aromatic heterocycles. The highest BCUT2D eigenvalue weighted by molar-refractivity contribution is 5.76. The molecule has 2 rings (SSSR count). The second-order valence-corrected chi connectivity index (χ2v) is 4.82. The summed E-state index contributed by atoms with van der Waals surface area (Å²) in [5.41, 5.74) is 0. The summed E-state index contributed by atoms with van der Waals surface area (Å²) in [5, 5.41) is 3.37. The molecule has 1 atom stereocenters. The molecule has 2 aliphatic heterocycles. The number of likely N-dealkylation sites (tertiary alicyclic amines) is 1. The van der Waals surface area contributed by atoms with Gasteiger partial charge in [0.25, 0.3) is 0 Å². The molecule has 0 aliphatic carbocycles. The maximum Gasteiger partial charge on any atom is 0.222 e. The fourth-order valence-corrected chi connectivity index (χ4v) is 2.69. The molecule has 1 N–H and O–H groups in total. The van der Waals surface area contributed by atoms with Crippen LogP contribution >= 0.6 is 0 Å². The number of hydrogen-bond donors (Lipinski definition) is 1. The lowest BCUT2D eigenvalue weighted by atomic mass is 10.2. The van der Waals surface area contributed by atoms with Gasteiger partial charge < -0.3 is 10.2 Å². The minimum absolute atomic E-state index is 0.347. The van der Waals surface area contributed by atoms with Gasteiger partial charge in [0.2, 0.25) is 5.91 Å². The summed E-state index contributed by atoms with van der Waals surface area (Å²) in [4.78, 5) is 16.4. The fourth-order valence-electron chi connectivity index (χ4n) is 2.69. The monoisotopic (exact) mass is 225 g/mol. The first-order chi connectivity index (χ1) is 7.81. The Balaban J connectivity index is 1.80. The van der Waals surface area contributed by atoms with Crippen LogP contribution in [0, 0.1) is 0 Å². The van der Waals surface area contributed by atoms with Gasteiger partial charge in [-0.25, -0.2) is 0 Å². The van der Waals surface area contributed by atoms with Crippen molar-refractivity contribution in [2.45, 2.75) is 32.2 Å². The third kappa shape index (κ3) is 2.74. The third-order valence-electron chi connectivity index (χ3n) is 3.65. The van der Waals surface area contributed by atoms with Crippen LogP contribution in [0.3, 0.4) is 0 Å². The summed E-state index contributed by atoms with van der Waals surface area (Å²) in [6, 6.07) is 0.614. The van der Waals surface area contributed by atoms with E-state index < -0.39 is 0 Å². The molecular weight excluding hydrogens is 202 g/mol. The zero-order chi connectivity index (χ0) is 11.4. The van der Waals surface area contributed by atoms with Gasteiger partial charge >= 0.3 is 0 Å². The van der Waals surface area contributed by atoms with Crippen LogP contribution in [-0.2, 0) is 4.79 Å². The van der Waals surface area contributed by atoms with E-state index in [2.05, 4.69) is 22.0 Å². The van der Waals surface area contributed by atoms with E-state index in [0.29, 0.717) is 18.4 Å². The molecule has 1 amide bonds. The summed E-state index contributed by atoms with van der Waals surface area (Å²) in [5.74, 6) is 0.347. The van der Waals surface area contributed by atoms with Gasteiger partial charge in [-0.2, -0.15) is 0 Å². The van der Waals surface area contributed by atoms with E-state index in [-0.39, 0.29) is 0 Å². The molecule has 4 heteroatoms. The van der Waals surface area contributed by atoms with Crippen molar-refractivity contribution >= 4 is 5.91 Å². The molecule has 2 heterocycles. The molecule has 2 saturated heterocycles. The third-order valence-corrected chi connectivity index (χ3v) is 3.65. The topological polar surface area (TPSA) is 35.6 Å². The van der Waals surface area contributed by atoms with Crippen LogP contribution in [0.25, 0.3) is 0 Å². The Hall–Kier alpha value is -0.610. The van der Waals surface area contributed by atoms with Crippen molar-refractivity contribution in [3.05, 3.63) is 0 Å². The number of piperazine rings is 1. The van der Waals surface area contributed by atoms with E-state index in [1.54, 1.807) is 0 Å². The van der Waals surface area contributed by atoms with Crippen molar-refractivity contribution in [2.24, 2.45) is 0 Å². The molecular formula is C12H23N3O. The molecule has 92 valence electrons. The maximum absolute atomic E-state index is 11.8. The number of carbonyl (C=O) groups excluding carboxylic acids is 1. The Bertz CT molecular complexity index is 238. The van der Waals surface area contributed by atoms with Crippen molar-refractivity contribution in [2.75, 3.05) is 39.3 Å². The minimum Gasteiger partial charge on any atom is -0.341 e. The molecule has 0 saturated carbocycles. The van der Waals surface area contributed by atoms with Gasteiger partial charge in [0, 0.05) is 51.7 Å². The van der Waals surface area contributed by atoms with E-state index in [4.69, 9.17) is 0 Å².